The normalized spacial score (nSPS) is 12.0. The Morgan fingerprint density at radius 1 is 1.09 bits per heavy atom. The van der Waals surface area contributed by atoms with Gasteiger partial charge in [-0.15, -0.1) is 0 Å². The molecule has 3 rings (SSSR count). The van der Waals surface area contributed by atoms with Crippen molar-refractivity contribution in [1.82, 2.24) is 4.98 Å². The van der Waals surface area contributed by atoms with Crippen LogP contribution in [0.2, 0.25) is 0 Å². The van der Waals surface area contributed by atoms with Gasteiger partial charge in [0.25, 0.3) is 0 Å². The minimum absolute atomic E-state index is 0.124. The van der Waals surface area contributed by atoms with E-state index in [9.17, 15) is 17.6 Å². The van der Waals surface area contributed by atoms with Gasteiger partial charge in [-0.05, 0) is 53.4 Å². The number of hydrogen-bond acceptors (Lipinski definition) is 2. The lowest BCUT2D eigenvalue weighted by Crippen LogP contribution is -2.12. The van der Waals surface area contributed by atoms with Crippen LogP contribution in [0.3, 0.4) is 0 Å². The molecule has 0 aliphatic rings. The fraction of sp³-hybridized carbons (Fsp3) is 0.125. The number of aromatic nitrogens is 1. The van der Waals surface area contributed by atoms with E-state index in [4.69, 9.17) is 5.14 Å². The summed E-state index contributed by atoms with van der Waals surface area (Å²) in [5.74, 6) is -0.376. The number of benzene rings is 2. The van der Waals surface area contributed by atoms with Crippen LogP contribution in [0.25, 0.3) is 22.0 Å². The molecule has 3 N–H and O–H groups in total. The first-order chi connectivity index (χ1) is 10.9. The van der Waals surface area contributed by atoms with Crippen molar-refractivity contribution in [2.45, 2.75) is 17.5 Å². The molecule has 23 heavy (non-hydrogen) atoms. The van der Waals surface area contributed by atoms with E-state index in [-0.39, 0.29) is 11.4 Å². The van der Waals surface area contributed by atoms with Crippen LogP contribution >= 0.6 is 11.9 Å². The van der Waals surface area contributed by atoms with Gasteiger partial charge < -0.3 is 4.98 Å². The van der Waals surface area contributed by atoms with Crippen molar-refractivity contribution in [2.75, 3.05) is 0 Å². The molecule has 0 bridgehead atoms. The maximum absolute atomic E-state index is 13.2. The number of hydrogen-bond donors (Lipinski definition) is 2. The minimum Gasteiger partial charge on any atom is -0.360 e. The molecule has 120 valence electrons. The maximum atomic E-state index is 13.2. The average molecular weight is 340 g/mol. The summed E-state index contributed by atoms with van der Waals surface area (Å²) in [5, 5.41) is 6.19. The van der Waals surface area contributed by atoms with Gasteiger partial charge in [0.2, 0.25) is 0 Å². The molecule has 0 spiro atoms. The van der Waals surface area contributed by atoms with Gasteiger partial charge in [0.1, 0.15) is 5.82 Å². The molecule has 0 amide bonds. The molecule has 0 atom stereocenters. The van der Waals surface area contributed by atoms with Crippen LogP contribution in [0.4, 0.5) is 17.6 Å². The van der Waals surface area contributed by atoms with E-state index < -0.39 is 12.6 Å². The van der Waals surface area contributed by atoms with E-state index in [0.29, 0.717) is 16.0 Å². The molecule has 0 saturated carbocycles. The van der Waals surface area contributed by atoms with Gasteiger partial charge in [-0.2, -0.15) is 13.2 Å². The molecular weight excluding hydrogens is 328 g/mol. The van der Waals surface area contributed by atoms with Crippen molar-refractivity contribution >= 4 is 22.9 Å². The summed E-state index contributed by atoms with van der Waals surface area (Å²) in [4.78, 5) is 3.32. The van der Waals surface area contributed by atoms with Crippen LogP contribution in [0, 0.1) is 5.82 Å². The number of nitrogens with two attached hydrogens (primary N) is 1. The lowest BCUT2D eigenvalue weighted by molar-refractivity contribution is -0.127. The van der Waals surface area contributed by atoms with Gasteiger partial charge in [0.15, 0.2) is 0 Å². The number of alkyl halides is 3. The molecule has 0 fully saturated rings. The highest BCUT2D eigenvalue weighted by Crippen LogP contribution is 2.34. The number of nitrogens with one attached hydrogen (secondary N) is 1. The molecule has 3 aromatic rings. The van der Waals surface area contributed by atoms with Gasteiger partial charge in [-0.3, -0.25) is 5.14 Å². The first kappa shape index (κ1) is 15.9. The summed E-state index contributed by atoms with van der Waals surface area (Å²) in [7, 11) is 0. The molecule has 1 heterocycles. The SMILES string of the molecule is NSc1ccc(-c2c[nH]c3cc(F)ccc23)cc1CC(F)(F)F. The minimum atomic E-state index is -4.31. The Labute approximate surface area is 133 Å². The molecular formula is C16H12F4N2S. The zero-order valence-corrected chi connectivity index (χ0v) is 12.6. The standard InChI is InChI=1S/C16H12F4N2S/c17-11-2-3-12-13(8-22-14(12)6-11)9-1-4-15(23-21)10(5-9)7-16(18,19)20/h1-6,8,22H,7,21H2. The molecule has 0 aliphatic carbocycles. The van der Waals surface area contributed by atoms with E-state index in [1.165, 1.54) is 18.2 Å². The monoisotopic (exact) mass is 340 g/mol. The highest BCUT2D eigenvalue weighted by Gasteiger charge is 2.29. The van der Waals surface area contributed by atoms with Crippen LogP contribution in [0.1, 0.15) is 5.56 Å². The summed E-state index contributed by atoms with van der Waals surface area (Å²) < 4.78 is 51.4. The van der Waals surface area contributed by atoms with Crippen molar-refractivity contribution in [3.8, 4) is 11.1 Å². The second-order valence-corrected chi connectivity index (χ2v) is 5.80. The van der Waals surface area contributed by atoms with Crippen molar-refractivity contribution in [3.63, 3.8) is 0 Å². The largest absolute Gasteiger partial charge is 0.393 e. The molecule has 2 aromatic carbocycles. The van der Waals surface area contributed by atoms with Gasteiger partial charge in [-0.1, -0.05) is 6.07 Å². The fourth-order valence-electron chi connectivity index (χ4n) is 2.55. The summed E-state index contributed by atoms with van der Waals surface area (Å²) in [6.07, 6.45) is -3.70. The highest BCUT2D eigenvalue weighted by molar-refractivity contribution is 7.97. The number of halogens is 4. The lowest BCUT2D eigenvalue weighted by atomic mass is 10.0. The first-order valence-corrected chi connectivity index (χ1v) is 7.59. The van der Waals surface area contributed by atoms with E-state index in [2.05, 4.69) is 4.98 Å². The third-order valence-corrected chi connectivity index (χ3v) is 4.19. The quantitative estimate of drug-likeness (QED) is 0.518. The van der Waals surface area contributed by atoms with E-state index in [1.54, 1.807) is 24.4 Å². The first-order valence-electron chi connectivity index (χ1n) is 6.71. The Balaban J connectivity index is 2.10. The zero-order chi connectivity index (χ0) is 16.6. The van der Waals surface area contributed by atoms with Gasteiger partial charge in [0.05, 0.1) is 6.42 Å². The third kappa shape index (κ3) is 3.35. The Bertz CT molecular complexity index is 855. The zero-order valence-electron chi connectivity index (χ0n) is 11.7. The molecule has 0 aliphatic heterocycles. The summed E-state index contributed by atoms with van der Waals surface area (Å²) in [6, 6.07) is 9.03. The van der Waals surface area contributed by atoms with Gasteiger partial charge in [0, 0.05) is 27.6 Å². The van der Waals surface area contributed by atoms with Gasteiger partial charge in [-0.25, -0.2) is 4.39 Å². The number of aromatic amines is 1. The van der Waals surface area contributed by atoms with Crippen LogP contribution < -0.4 is 5.14 Å². The number of fused-ring (bicyclic) bond motifs is 1. The Kier molecular flexibility index (Phi) is 4.08. The summed E-state index contributed by atoms with van der Waals surface area (Å²) in [6.45, 7) is 0. The van der Waals surface area contributed by atoms with Crippen molar-refractivity contribution in [3.05, 3.63) is 54.0 Å². The highest BCUT2D eigenvalue weighted by atomic mass is 32.2. The van der Waals surface area contributed by atoms with Crippen LogP contribution in [-0.2, 0) is 6.42 Å². The van der Waals surface area contributed by atoms with Crippen LogP contribution in [-0.4, -0.2) is 11.2 Å². The van der Waals surface area contributed by atoms with E-state index >= 15 is 0 Å². The Hall–Kier alpha value is -1.99. The van der Waals surface area contributed by atoms with E-state index in [0.717, 1.165) is 22.9 Å². The lowest BCUT2D eigenvalue weighted by Gasteiger charge is -2.12. The van der Waals surface area contributed by atoms with Crippen LogP contribution in [0.15, 0.2) is 47.5 Å². The topological polar surface area (TPSA) is 41.8 Å². The number of H-pyrrole nitrogens is 1. The summed E-state index contributed by atoms with van der Waals surface area (Å²) >= 11 is 0.790. The van der Waals surface area contributed by atoms with Crippen LogP contribution in [0.5, 0.6) is 0 Å². The molecule has 1 aromatic heterocycles. The molecule has 0 saturated heterocycles. The smallest absolute Gasteiger partial charge is 0.360 e. The summed E-state index contributed by atoms with van der Waals surface area (Å²) in [5.41, 5.74) is 2.06. The molecule has 2 nitrogen and oxygen atoms in total. The molecule has 7 heteroatoms. The second-order valence-electron chi connectivity index (χ2n) is 5.12. The van der Waals surface area contributed by atoms with Crippen molar-refractivity contribution in [1.29, 1.82) is 0 Å². The van der Waals surface area contributed by atoms with Gasteiger partial charge >= 0.3 is 6.18 Å². The maximum Gasteiger partial charge on any atom is 0.393 e. The molecule has 0 unspecified atom stereocenters. The number of rotatable bonds is 3. The van der Waals surface area contributed by atoms with Crippen molar-refractivity contribution < 1.29 is 17.6 Å². The fourth-order valence-corrected chi connectivity index (χ4v) is 2.98. The predicted molar refractivity (Wildman–Crippen MR) is 83.5 cm³/mol. The van der Waals surface area contributed by atoms with E-state index in [1.807, 2.05) is 0 Å². The third-order valence-electron chi connectivity index (χ3n) is 3.53. The second kappa shape index (κ2) is 5.90. The molecule has 0 radical (unpaired) electrons. The Morgan fingerprint density at radius 3 is 2.57 bits per heavy atom. The average Bonchev–Trinajstić information content (AvgIpc) is 2.88. The predicted octanol–water partition coefficient (Wildman–Crippen LogP) is 5.04. The Morgan fingerprint density at radius 2 is 1.87 bits per heavy atom. The van der Waals surface area contributed by atoms with Crippen molar-refractivity contribution in [2.24, 2.45) is 5.14 Å².